The quantitative estimate of drug-likeness (QED) is 0.873. The zero-order chi connectivity index (χ0) is 15.8. The molecule has 0 aliphatic heterocycles. The van der Waals surface area contributed by atoms with E-state index in [-0.39, 0.29) is 11.3 Å². The lowest BCUT2D eigenvalue weighted by Gasteiger charge is -2.31. The molecule has 2 N–H and O–H groups in total. The van der Waals surface area contributed by atoms with Crippen molar-refractivity contribution in [3.63, 3.8) is 0 Å². The highest BCUT2D eigenvalue weighted by atomic mass is 32.1. The van der Waals surface area contributed by atoms with Crippen molar-refractivity contribution in [1.82, 2.24) is 0 Å². The Morgan fingerprint density at radius 1 is 1.17 bits per heavy atom. The van der Waals surface area contributed by atoms with Crippen LogP contribution in [0, 0.1) is 23.2 Å². The molecule has 5 fully saturated rings. The fraction of sp³-hybridized carbons (Fsp3) is 0.667. The first kappa shape index (κ1) is 14.0. The monoisotopic (exact) mass is 331 g/mol. The number of carboxylic acid groups (broad SMARTS) is 1. The second kappa shape index (κ2) is 4.59. The fourth-order valence-corrected chi connectivity index (χ4v) is 6.80. The van der Waals surface area contributed by atoms with E-state index in [0.29, 0.717) is 22.4 Å². The first-order valence-corrected chi connectivity index (χ1v) is 9.61. The summed E-state index contributed by atoms with van der Waals surface area (Å²) in [5.74, 6) is 1.56. The van der Waals surface area contributed by atoms with Gasteiger partial charge in [-0.3, -0.25) is 4.79 Å². The summed E-state index contributed by atoms with van der Waals surface area (Å²) in [7, 11) is 0. The number of carbonyl (C=O) groups excluding carboxylic acids is 1. The number of anilines is 1. The van der Waals surface area contributed by atoms with Gasteiger partial charge in [0, 0.05) is 0 Å². The third-order valence-electron chi connectivity index (χ3n) is 6.72. The van der Waals surface area contributed by atoms with Crippen molar-refractivity contribution < 1.29 is 14.7 Å². The maximum absolute atomic E-state index is 13.1. The molecule has 6 rings (SSSR count). The highest BCUT2D eigenvalue weighted by molar-refractivity contribution is 7.15. The van der Waals surface area contributed by atoms with Crippen LogP contribution >= 0.6 is 11.3 Å². The summed E-state index contributed by atoms with van der Waals surface area (Å²) >= 11 is 1.39. The van der Waals surface area contributed by atoms with E-state index in [1.165, 1.54) is 30.6 Å². The molecule has 0 saturated heterocycles. The zero-order valence-corrected chi connectivity index (χ0v) is 13.8. The third kappa shape index (κ3) is 1.95. The van der Waals surface area contributed by atoms with Gasteiger partial charge in [-0.1, -0.05) is 0 Å². The van der Waals surface area contributed by atoms with Crippen molar-refractivity contribution in [3.8, 4) is 0 Å². The summed E-state index contributed by atoms with van der Waals surface area (Å²) in [5, 5.41) is 15.1. The minimum Gasteiger partial charge on any atom is -0.478 e. The zero-order valence-electron chi connectivity index (χ0n) is 13.0. The number of rotatable bonds is 4. The molecular weight excluding hydrogens is 310 g/mol. The molecule has 5 heteroatoms. The second-order valence-corrected chi connectivity index (χ2v) is 9.01. The van der Waals surface area contributed by atoms with Crippen LogP contribution < -0.4 is 5.32 Å². The average molecular weight is 331 g/mol. The van der Waals surface area contributed by atoms with Crippen molar-refractivity contribution in [2.45, 2.75) is 50.9 Å². The second-order valence-electron chi connectivity index (χ2n) is 8.13. The van der Waals surface area contributed by atoms with Crippen molar-refractivity contribution in [1.29, 1.82) is 0 Å². The molecule has 0 radical (unpaired) electrons. The van der Waals surface area contributed by atoms with Gasteiger partial charge in [0.25, 0.3) is 0 Å². The number of carboxylic acids is 1. The smallest absolute Gasteiger partial charge is 0.339 e. The van der Waals surface area contributed by atoms with E-state index in [0.717, 1.165) is 43.1 Å². The summed E-state index contributed by atoms with van der Waals surface area (Å²) < 4.78 is 0. The molecule has 23 heavy (non-hydrogen) atoms. The van der Waals surface area contributed by atoms with Gasteiger partial charge >= 0.3 is 5.97 Å². The number of carbonyl (C=O) groups is 2. The van der Waals surface area contributed by atoms with E-state index in [4.69, 9.17) is 0 Å². The van der Waals surface area contributed by atoms with Crippen LogP contribution in [-0.2, 0) is 4.79 Å². The lowest BCUT2D eigenvalue weighted by Crippen LogP contribution is -2.37. The van der Waals surface area contributed by atoms with Gasteiger partial charge in [0.2, 0.25) is 5.91 Å². The van der Waals surface area contributed by atoms with Crippen molar-refractivity contribution in [2.24, 2.45) is 23.2 Å². The van der Waals surface area contributed by atoms with Gasteiger partial charge < -0.3 is 10.4 Å². The van der Waals surface area contributed by atoms with Crippen LogP contribution in [0.1, 0.15) is 66.8 Å². The van der Waals surface area contributed by atoms with Gasteiger partial charge in [-0.05, 0) is 79.6 Å². The summed E-state index contributed by atoms with van der Waals surface area (Å²) in [6.45, 7) is 0. The van der Waals surface area contributed by atoms with Gasteiger partial charge in [-0.25, -0.2) is 4.79 Å². The van der Waals surface area contributed by atoms with Crippen LogP contribution in [0.5, 0.6) is 0 Å². The third-order valence-corrected chi connectivity index (χ3v) is 7.63. The largest absolute Gasteiger partial charge is 0.478 e. The van der Waals surface area contributed by atoms with E-state index in [9.17, 15) is 14.7 Å². The molecule has 1 amide bonds. The SMILES string of the molecule is O=C(O)c1c(C2CC2)csc1NC(=O)C12CC3CC1C[C@@H](C3)C2. The highest BCUT2D eigenvalue weighted by Crippen LogP contribution is 2.65. The normalized spacial score (nSPS) is 37.3. The highest BCUT2D eigenvalue weighted by Gasteiger charge is 2.61. The molecule has 4 atom stereocenters. The van der Waals surface area contributed by atoms with Crippen LogP contribution in [0.4, 0.5) is 5.00 Å². The predicted molar refractivity (Wildman–Crippen MR) is 87.9 cm³/mol. The first-order valence-electron chi connectivity index (χ1n) is 8.73. The van der Waals surface area contributed by atoms with E-state index < -0.39 is 5.97 Å². The number of thiophene rings is 1. The molecule has 5 saturated carbocycles. The van der Waals surface area contributed by atoms with Gasteiger partial charge in [-0.15, -0.1) is 11.3 Å². The summed E-state index contributed by atoms with van der Waals surface area (Å²) in [4.78, 5) is 24.7. The lowest BCUT2D eigenvalue weighted by molar-refractivity contribution is -0.127. The Bertz CT molecular complexity index is 691. The topological polar surface area (TPSA) is 66.4 Å². The summed E-state index contributed by atoms with van der Waals surface area (Å²) in [5.41, 5.74) is 1.07. The predicted octanol–water partition coefficient (Wildman–Crippen LogP) is 4.09. The van der Waals surface area contributed by atoms with Crippen LogP contribution in [0.3, 0.4) is 0 Å². The number of hydrogen-bond donors (Lipinski definition) is 2. The molecule has 4 nitrogen and oxygen atoms in total. The van der Waals surface area contributed by atoms with E-state index in [1.807, 2.05) is 5.38 Å². The molecule has 0 spiro atoms. The molecule has 3 unspecified atom stereocenters. The molecule has 122 valence electrons. The molecule has 4 bridgehead atoms. The molecule has 5 aliphatic rings. The summed E-state index contributed by atoms with van der Waals surface area (Å²) in [6, 6.07) is 0. The fourth-order valence-electron chi connectivity index (χ4n) is 5.77. The molecule has 0 aromatic carbocycles. The molecule has 1 aromatic rings. The van der Waals surface area contributed by atoms with Crippen molar-refractivity contribution in [2.75, 3.05) is 5.32 Å². The van der Waals surface area contributed by atoms with Gasteiger partial charge in [0.15, 0.2) is 0 Å². The minimum atomic E-state index is -0.904. The van der Waals surface area contributed by atoms with E-state index in [1.54, 1.807) is 0 Å². The van der Waals surface area contributed by atoms with Gasteiger partial charge in [0.1, 0.15) is 5.00 Å². The number of nitrogens with one attached hydrogen (secondary N) is 1. The Labute approximate surface area is 139 Å². The maximum Gasteiger partial charge on any atom is 0.339 e. The Kier molecular flexibility index (Phi) is 2.80. The van der Waals surface area contributed by atoms with E-state index >= 15 is 0 Å². The lowest BCUT2D eigenvalue weighted by atomic mass is 9.75. The van der Waals surface area contributed by atoms with Gasteiger partial charge in [-0.2, -0.15) is 0 Å². The van der Waals surface area contributed by atoms with Gasteiger partial charge in [0.05, 0.1) is 11.0 Å². The molecule has 1 aromatic heterocycles. The molecule has 1 heterocycles. The van der Waals surface area contributed by atoms with Crippen LogP contribution in [-0.4, -0.2) is 17.0 Å². The summed E-state index contributed by atoms with van der Waals surface area (Å²) in [6.07, 6.45) is 7.88. The van der Waals surface area contributed by atoms with Crippen molar-refractivity contribution in [3.05, 3.63) is 16.5 Å². The number of hydrogen-bond acceptors (Lipinski definition) is 3. The van der Waals surface area contributed by atoms with Crippen molar-refractivity contribution >= 4 is 28.2 Å². The molecular formula is C18H21NO3S. The number of aromatic carboxylic acids is 1. The first-order chi connectivity index (χ1) is 11.1. The number of amides is 1. The maximum atomic E-state index is 13.1. The van der Waals surface area contributed by atoms with Crippen LogP contribution in [0.25, 0.3) is 0 Å². The standard InChI is InChI=1S/C18H21NO3S/c20-16(21)14-13(11-1-2-11)8-23-15(14)19-17(22)18-6-9-3-10(7-18)5-12(18)4-9/h8-12H,1-7H2,(H,19,22)(H,20,21)/t9-,10?,12?,18?/m1/s1. The Morgan fingerprint density at radius 3 is 2.48 bits per heavy atom. The van der Waals surface area contributed by atoms with Crippen LogP contribution in [0.2, 0.25) is 0 Å². The van der Waals surface area contributed by atoms with Crippen LogP contribution in [0.15, 0.2) is 5.38 Å². The minimum absolute atomic E-state index is 0.0962. The Morgan fingerprint density at radius 2 is 1.87 bits per heavy atom. The Balaban J connectivity index is 1.44. The molecule has 5 aliphatic carbocycles. The average Bonchev–Trinajstić information content (AvgIpc) is 3.14. The Hall–Kier alpha value is -1.36. The van der Waals surface area contributed by atoms with E-state index in [2.05, 4.69) is 5.32 Å².